The molecule has 18 heavy (non-hydrogen) atoms. The van der Waals surface area contributed by atoms with Crippen LogP contribution in [0.2, 0.25) is 0 Å². The summed E-state index contributed by atoms with van der Waals surface area (Å²) < 4.78 is 5.52. The fourth-order valence-corrected chi connectivity index (χ4v) is 3.14. The Morgan fingerprint density at radius 1 is 1.17 bits per heavy atom. The lowest BCUT2D eigenvalue weighted by Gasteiger charge is -2.29. The number of hydrogen-bond donors (Lipinski definition) is 1. The van der Waals surface area contributed by atoms with Crippen molar-refractivity contribution in [2.24, 2.45) is 5.73 Å². The summed E-state index contributed by atoms with van der Waals surface area (Å²) in [5.41, 5.74) is 8.96. The van der Waals surface area contributed by atoms with E-state index in [9.17, 15) is 0 Å². The van der Waals surface area contributed by atoms with E-state index in [1.165, 1.54) is 28.3 Å². The van der Waals surface area contributed by atoms with Crippen molar-refractivity contribution in [2.45, 2.75) is 31.7 Å². The van der Waals surface area contributed by atoms with Crippen molar-refractivity contribution < 1.29 is 4.74 Å². The molecule has 0 saturated carbocycles. The van der Waals surface area contributed by atoms with Gasteiger partial charge in [-0.15, -0.1) is 0 Å². The van der Waals surface area contributed by atoms with Gasteiger partial charge in [-0.1, -0.05) is 31.2 Å². The zero-order chi connectivity index (χ0) is 12.7. The molecule has 0 aromatic heterocycles. The summed E-state index contributed by atoms with van der Waals surface area (Å²) in [6.45, 7) is 2.30. The molecule has 2 nitrogen and oxygen atoms in total. The third-order valence-electron chi connectivity index (χ3n) is 4.10. The van der Waals surface area contributed by atoms with E-state index in [2.05, 4.69) is 37.3 Å². The molecule has 0 saturated heterocycles. The number of nitrogens with two attached hydrogens (primary N) is 1. The number of methoxy groups -OCH3 is 1. The highest BCUT2D eigenvalue weighted by molar-refractivity contribution is 5.92. The Morgan fingerprint density at radius 3 is 2.61 bits per heavy atom. The Labute approximate surface area is 108 Å². The number of benzene rings is 2. The summed E-state index contributed by atoms with van der Waals surface area (Å²) in [7, 11) is 1.73. The highest BCUT2D eigenvalue weighted by Gasteiger charge is 2.25. The van der Waals surface area contributed by atoms with Crippen molar-refractivity contribution in [3.63, 3.8) is 0 Å². The fourth-order valence-electron chi connectivity index (χ4n) is 3.14. The van der Waals surface area contributed by atoms with E-state index in [0.717, 1.165) is 12.2 Å². The zero-order valence-corrected chi connectivity index (χ0v) is 10.9. The maximum atomic E-state index is 6.27. The van der Waals surface area contributed by atoms with E-state index in [4.69, 9.17) is 10.5 Å². The Morgan fingerprint density at radius 2 is 1.89 bits per heavy atom. The van der Waals surface area contributed by atoms with Gasteiger partial charge in [-0.25, -0.2) is 0 Å². The Bertz CT molecular complexity index is 591. The first-order valence-electron chi connectivity index (χ1n) is 6.57. The largest absolute Gasteiger partial charge is 0.496 e. The average molecular weight is 241 g/mol. The van der Waals surface area contributed by atoms with E-state index in [1.807, 2.05) is 0 Å². The molecule has 94 valence electrons. The number of rotatable bonds is 1. The van der Waals surface area contributed by atoms with Gasteiger partial charge < -0.3 is 10.5 Å². The van der Waals surface area contributed by atoms with E-state index in [-0.39, 0.29) is 6.04 Å². The second kappa shape index (κ2) is 4.29. The summed E-state index contributed by atoms with van der Waals surface area (Å²) in [4.78, 5) is 0. The number of ether oxygens (including phenoxy) is 1. The molecular formula is C16H19NO. The molecule has 0 radical (unpaired) electrons. The van der Waals surface area contributed by atoms with Crippen molar-refractivity contribution in [1.82, 2.24) is 0 Å². The first kappa shape index (κ1) is 11.5. The van der Waals surface area contributed by atoms with E-state index < -0.39 is 0 Å². The van der Waals surface area contributed by atoms with Crippen LogP contribution in [0, 0.1) is 0 Å². The van der Waals surface area contributed by atoms with Gasteiger partial charge in [0, 0.05) is 11.4 Å². The maximum absolute atomic E-state index is 6.27. The molecule has 0 amide bonds. The standard InChI is InChI=1S/C16H19NO/c1-10-7-8-14(17)13-9-15(18-2)11-5-3-4-6-12(11)16(10)13/h3-6,9-10,14H,7-8,17H2,1-2H3/t10?,14-/m0/s1. The fraction of sp³-hybridized carbons (Fsp3) is 0.375. The molecule has 0 heterocycles. The molecule has 1 unspecified atom stereocenters. The molecule has 2 heteroatoms. The van der Waals surface area contributed by atoms with Crippen LogP contribution in [0.5, 0.6) is 5.75 Å². The summed E-state index contributed by atoms with van der Waals surface area (Å²) in [5.74, 6) is 1.52. The predicted molar refractivity (Wildman–Crippen MR) is 75.1 cm³/mol. The summed E-state index contributed by atoms with van der Waals surface area (Å²) in [6.07, 6.45) is 2.24. The maximum Gasteiger partial charge on any atom is 0.127 e. The smallest absolute Gasteiger partial charge is 0.127 e. The third kappa shape index (κ3) is 1.60. The summed E-state index contributed by atoms with van der Waals surface area (Å²) in [5, 5.41) is 2.49. The van der Waals surface area contributed by atoms with Crippen LogP contribution in [0.4, 0.5) is 0 Å². The van der Waals surface area contributed by atoms with Gasteiger partial charge in [-0.05, 0) is 41.3 Å². The minimum absolute atomic E-state index is 0.148. The predicted octanol–water partition coefficient (Wildman–Crippen LogP) is 3.75. The van der Waals surface area contributed by atoms with Gasteiger partial charge in [0.2, 0.25) is 0 Å². The Hall–Kier alpha value is -1.54. The molecule has 2 N–H and O–H groups in total. The lowest BCUT2D eigenvalue weighted by molar-refractivity contribution is 0.417. The first-order valence-corrected chi connectivity index (χ1v) is 6.57. The molecule has 2 aromatic carbocycles. The van der Waals surface area contributed by atoms with E-state index in [0.29, 0.717) is 5.92 Å². The molecule has 2 aromatic rings. The number of hydrogen-bond acceptors (Lipinski definition) is 2. The molecule has 1 aliphatic rings. The molecule has 2 atom stereocenters. The van der Waals surface area contributed by atoms with Crippen LogP contribution in [0.25, 0.3) is 10.8 Å². The van der Waals surface area contributed by atoms with Gasteiger partial charge in [0.1, 0.15) is 5.75 Å². The van der Waals surface area contributed by atoms with Crippen molar-refractivity contribution in [3.05, 3.63) is 41.5 Å². The highest BCUT2D eigenvalue weighted by Crippen LogP contribution is 2.43. The highest BCUT2D eigenvalue weighted by atomic mass is 16.5. The molecule has 0 aliphatic heterocycles. The third-order valence-corrected chi connectivity index (χ3v) is 4.10. The summed E-state index contributed by atoms with van der Waals surface area (Å²) in [6, 6.07) is 10.7. The second-order valence-electron chi connectivity index (χ2n) is 5.21. The quantitative estimate of drug-likeness (QED) is 0.825. The van der Waals surface area contributed by atoms with Gasteiger partial charge in [0.15, 0.2) is 0 Å². The van der Waals surface area contributed by atoms with Crippen molar-refractivity contribution in [3.8, 4) is 5.75 Å². The Kier molecular flexibility index (Phi) is 2.75. The summed E-state index contributed by atoms with van der Waals surface area (Å²) >= 11 is 0. The van der Waals surface area contributed by atoms with Gasteiger partial charge in [-0.2, -0.15) is 0 Å². The minimum atomic E-state index is 0.148. The van der Waals surface area contributed by atoms with E-state index in [1.54, 1.807) is 7.11 Å². The van der Waals surface area contributed by atoms with E-state index >= 15 is 0 Å². The van der Waals surface area contributed by atoms with Crippen LogP contribution in [0.3, 0.4) is 0 Å². The topological polar surface area (TPSA) is 35.2 Å². The van der Waals surface area contributed by atoms with Crippen LogP contribution < -0.4 is 10.5 Å². The minimum Gasteiger partial charge on any atom is -0.496 e. The van der Waals surface area contributed by atoms with Crippen LogP contribution >= 0.6 is 0 Å². The van der Waals surface area contributed by atoms with Crippen molar-refractivity contribution in [1.29, 1.82) is 0 Å². The number of fused-ring (bicyclic) bond motifs is 3. The van der Waals surface area contributed by atoms with Gasteiger partial charge in [0.25, 0.3) is 0 Å². The molecule has 3 rings (SSSR count). The monoisotopic (exact) mass is 241 g/mol. The second-order valence-corrected chi connectivity index (χ2v) is 5.21. The lowest BCUT2D eigenvalue weighted by Crippen LogP contribution is -2.19. The van der Waals surface area contributed by atoms with Gasteiger partial charge in [0.05, 0.1) is 7.11 Å². The molecule has 0 bridgehead atoms. The molecule has 1 aliphatic carbocycles. The van der Waals surface area contributed by atoms with Crippen LogP contribution in [-0.4, -0.2) is 7.11 Å². The van der Waals surface area contributed by atoms with Crippen LogP contribution in [-0.2, 0) is 0 Å². The molecular weight excluding hydrogens is 222 g/mol. The Balaban J connectivity index is 2.39. The molecule has 0 fully saturated rings. The lowest BCUT2D eigenvalue weighted by atomic mass is 9.78. The first-order chi connectivity index (χ1) is 8.72. The van der Waals surface area contributed by atoms with Crippen molar-refractivity contribution >= 4 is 10.8 Å². The normalized spacial score (nSPS) is 22.8. The SMILES string of the molecule is COc1cc2c(c3ccccc13)C(C)CC[C@@H]2N. The average Bonchev–Trinajstić information content (AvgIpc) is 2.41. The van der Waals surface area contributed by atoms with Crippen molar-refractivity contribution in [2.75, 3.05) is 7.11 Å². The van der Waals surface area contributed by atoms with Crippen LogP contribution in [0.1, 0.15) is 42.9 Å². The van der Waals surface area contributed by atoms with Gasteiger partial charge >= 0.3 is 0 Å². The molecule has 0 spiro atoms. The van der Waals surface area contributed by atoms with Crippen LogP contribution in [0.15, 0.2) is 30.3 Å². The zero-order valence-electron chi connectivity index (χ0n) is 10.9. The van der Waals surface area contributed by atoms with Gasteiger partial charge in [-0.3, -0.25) is 0 Å².